The van der Waals surface area contributed by atoms with E-state index in [0.29, 0.717) is 12.2 Å². The molecular weight excluding hydrogens is 246 g/mol. The van der Waals surface area contributed by atoms with E-state index in [-0.39, 0.29) is 12.5 Å². The molecule has 0 aromatic heterocycles. The van der Waals surface area contributed by atoms with Crippen LogP contribution in [0.2, 0.25) is 0 Å². The predicted molar refractivity (Wildman–Crippen MR) is 72.7 cm³/mol. The highest BCUT2D eigenvalue weighted by molar-refractivity contribution is 5.66. The Kier molecular flexibility index (Phi) is 5.63. The van der Waals surface area contributed by atoms with Gasteiger partial charge in [-0.3, -0.25) is 4.79 Å². The third-order valence-corrected chi connectivity index (χ3v) is 3.08. The molecule has 0 aliphatic rings. The van der Waals surface area contributed by atoms with E-state index in [1.54, 1.807) is 14.2 Å². The number of benzene rings is 1. The second-order valence-electron chi connectivity index (χ2n) is 4.30. The van der Waals surface area contributed by atoms with Crippen LogP contribution in [0.25, 0.3) is 0 Å². The van der Waals surface area contributed by atoms with Gasteiger partial charge in [0.05, 0.1) is 14.2 Å². The van der Waals surface area contributed by atoms with Gasteiger partial charge in [0.2, 0.25) is 0 Å². The topological polar surface area (TPSA) is 81.8 Å². The van der Waals surface area contributed by atoms with Crippen LogP contribution in [0.5, 0.6) is 11.5 Å². The van der Waals surface area contributed by atoms with E-state index in [9.17, 15) is 4.79 Å². The van der Waals surface area contributed by atoms with Crippen molar-refractivity contribution in [3.05, 3.63) is 23.3 Å². The van der Waals surface area contributed by atoms with E-state index in [1.165, 1.54) is 0 Å². The van der Waals surface area contributed by atoms with Crippen molar-refractivity contribution in [3.63, 3.8) is 0 Å². The number of carboxylic acid groups (broad SMARTS) is 1. The third kappa shape index (κ3) is 3.86. The average Bonchev–Trinajstić information content (AvgIpc) is 2.42. The van der Waals surface area contributed by atoms with Crippen molar-refractivity contribution in [2.75, 3.05) is 14.2 Å². The zero-order chi connectivity index (χ0) is 14.4. The van der Waals surface area contributed by atoms with Crippen molar-refractivity contribution in [2.45, 2.75) is 32.2 Å². The lowest BCUT2D eigenvalue weighted by Crippen LogP contribution is -2.14. The van der Waals surface area contributed by atoms with Crippen LogP contribution in [0.4, 0.5) is 0 Å². The lowest BCUT2D eigenvalue weighted by atomic mass is 9.98. The lowest BCUT2D eigenvalue weighted by molar-refractivity contribution is -0.137. The number of hydrogen-bond acceptors (Lipinski definition) is 4. The van der Waals surface area contributed by atoms with Crippen LogP contribution in [0.1, 0.15) is 36.9 Å². The Morgan fingerprint density at radius 3 is 2.42 bits per heavy atom. The van der Waals surface area contributed by atoms with Crippen LogP contribution in [0.3, 0.4) is 0 Å². The number of methoxy groups -OCH3 is 2. The summed E-state index contributed by atoms with van der Waals surface area (Å²) in [4.78, 5) is 10.6. The number of ether oxygens (including phenoxy) is 2. The first-order valence-corrected chi connectivity index (χ1v) is 6.25. The van der Waals surface area contributed by atoms with Gasteiger partial charge in [-0.25, -0.2) is 0 Å². The van der Waals surface area contributed by atoms with Gasteiger partial charge in [0.1, 0.15) is 11.5 Å². The smallest absolute Gasteiger partial charge is 0.303 e. The minimum absolute atomic E-state index is 0.0299. The van der Waals surface area contributed by atoms with Crippen molar-refractivity contribution in [3.8, 4) is 11.5 Å². The fourth-order valence-corrected chi connectivity index (χ4v) is 1.99. The number of aryl methyl sites for hydroxylation is 1. The molecule has 19 heavy (non-hydrogen) atoms. The Bertz CT molecular complexity index is 445. The second kappa shape index (κ2) is 6.99. The molecule has 3 N–H and O–H groups in total. The molecule has 0 bridgehead atoms. The van der Waals surface area contributed by atoms with Crippen LogP contribution in [0.15, 0.2) is 12.1 Å². The Labute approximate surface area is 113 Å². The number of aliphatic carboxylic acids is 1. The predicted octanol–water partition coefficient (Wildman–Crippen LogP) is 2.13. The van der Waals surface area contributed by atoms with E-state index in [0.717, 1.165) is 23.3 Å². The molecule has 0 heterocycles. The summed E-state index contributed by atoms with van der Waals surface area (Å²) >= 11 is 0. The maximum atomic E-state index is 10.6. The van der Waals surface area contributed by atoms with Crippen molar-refractivity contribution >= 4 is 5.97 Å². The molecule has 5 nitrogen and oxygen atoms in total. The highest BCUT2D eigenvalue weighted by Gasteiger charge is 2.16. The summed E-state index contributed by atoms with van der Waals surface area (Å²) in [5.74, 6) is 0.575. The molecule has 5 heteroatoms. The first kappa shape index (κ1) is 15.3. The Hall–Kier alpha value is -1.75. The summed E-state index contributed by atoms with van der Waals surface area (Å²) in [6, 6.07) is 3.35. The van der Waals surface area contributed by atoms with Gasteiger partial charge in [-0.1, -0.05) is 6.92 Å². The van der Waals surface area contributed by atoms with Crippen LogP contribution in [-0.4, -0.2) is 25.3 Å². The maximum absolute atomic E-state index is 10.6. The molecule has 1 aromatic carbocycles. The maximum Gasteiger partial charge on any atom is 0.303 e. The monoisotopic (exact) mass is 267 g/mol. The second-order valence-corrected chi connectivity index (χ2v) is 4.30. The summed E-state index contributed by atoms with van der Waals surface area (Å²) in [5, 5.41) is 8.71. The highest BCUT2D eigenvalue weighted by atomic mass is 16.5. The van der Waals surface area contributed by atoms with Crippen LogP contribution in [-0.2, 0) is 11.2 Å². The SMILES string of the molecule is CCc1cc(OC)c(C(N)CCC(=O)O)cc1OC. The van der Waals surface area contributed by atoms with Crippen molar-refractivity contribution < 1.29 is 19.4 Å². The van der Waals surface area contributed by atoms with E-state index in [2.05, 4.69) is 0 Å². The van der Waals surface area contributed by atoms with Gasteiger partial charge in [-0.05, 0) is 30.5 Å². The quantitative estimate of drug-likeness (QED) is 0.791. The molecular formula is C14H21NO4. The first-order chi connectivity index (χ1) is 9.03. The van der Waals surface area contributed by atoms with Crippen molar-refractivity contribution in [2.24, 2.45) is 5.73 Å². The number of nitrogens with two attached hydrogens (primary N) is 1. The molecule has 0 saturated heterocycles. The van der Waals surface area contributed by atoms with Gasteiger partial charge < -0.3 is 20.3 Å². The Morgan fingerprint density at radius 1 is 1.32 bits per heavy atom. The summed E-state index contributed by atoms with van der Waals surface area (Å²) in [5.41, 5.74) is 7.85. The largest absolute Gasteiger partial charge is 0.496 e. The zero-order valence-corrected chi connectivity index (χ0v) is 11.6. The summed E-state index contributed by atoms with van der Waals surface area (Å²) < 4.78 is 10.7. The molecule has 0 saturated carbocycles. The molecule has 0 amide bonds. The van der Waals surface area contributed by atoms with Crippen LogP contribution >= 0.6 is 0 Å². The normalized spacial score (nSPS) is 12.0. The molecule has 0 aliphatic carbocycles. The van der Waals surface area contributed by atoms with Gasteiger partial charge in [0.15, 0.2) is 0 Å². The number of carboxylic acids is 1. The Morgan fingerprint density at radius 2 is 1.95 bits per heavy atom. The molecule has 0 aliphatic heterocycles. The van der Waals surface area contributed by atoms with Crippen molar-refractivity contribution in [1.29, 1.82) is 0 Å². The molecule has 1 rings (SSSR count). The third-order valence-electron chi connectivity index (χ3n) is 3.08. The fourth-order valence-electron chi connectivity index (χ4n) is 1.99. The van der Waals surface area contributed by atoms with E-state index in [4.69, 9.17) is 20.3 Å². The molecule has 0 fully saturated rings. The standard InChI is InChI=1S/C14H21NO4/c1-4-9-7-13(19-3)10(8-12(9)18-2)11(15)5-6-14(16)17/h7-8,11H,4-6,15H2,1-3H3,(H,16,17). The average molecular weight is 267 g/mol. The van der Waals surface area contributed by atoms with Crippen molar-refractivity contribution in [1.82, 2.24) is 0 Å². The van der Waals surface area contributed by atoms with E-state index >= 15 is 0 Å². The summed E-state index contributed by atoms with van der Waals surface area (Å²) in [6.45, 7) is 2.03. The van der Waals surface area contributed by atoms with Crippen LogP contribution < -0.4 is 15.2 Å². The minimum atomic E-state index is -0.855. The highest BCUT2D eigenvalue weighted by Crippen LogP contribution is 2.33. The molecule has 1 aromatic rings. The van der Waals surface area contributed by atoms with E-state index in [1.807, 2.05) is 19.1 Å². The zero-order valence-electron chi connectivity index (χ0n) is 11.6. The molecule has 0 spiro atoms. The number of carbonyl (C=O) groups is 1. The van der Waals surface area contributed by atoms with Crippen LogP contribution in [0, 0.1) is 0 Å². The van der Waals surface area contributed by atoms with Gasteiger partial charge in [-0.15, -0.1) is 0 Å². The molecule has 1 unspecified atom stereocenters. The van der Waals surface area contributed by atoms with Gasteiger partial charge >= 0.3 is 5.97 Å². The molecule has 106 valence electrons. The Balaban J connectivity index is 3.06. The first-order valence-electron chi connectivity index (χ1n) is 6.25. The van der Waals surface area contributed by atoms with Gasteiger partial charge in [0, 0.05) is 18.0 Å². The van der Waals surface area contributed by atoms with E-state index < -0.39 is 5.97 Å². The van der Waals surface area contributed by atoms with Gasteiger partial charge in [0.25, 0.3) is 0 Å². The molecule has 0 radical (unpaired) electrons. The summed E-state index contributed by atoms with van der Waals surface area (Å²) in [7, 11) is 3.18. The lowest BCUT2D eigenvalue weighted by Gasteiger charge is -2.18. The number of rotatable bonds is 7. The fraction of sp³-hybridized carbons (Fsp3) is 0.500. The minimum Gasteiger partial charge on any atom is -0.496 e. The molecule has 1 atom stereocenters. The summed E-state index contributed by atoms with van der Waals surface area (Å²) in [6.07, 6.45) is 1.21. The number of hydrogen-bond donors (Lipinski definition) is 2. The van der Waals surface area contributed by atoms with Gasteiger partial charge in [-0.2, -0.15) is 0 Å².